The van der Waals surface area contributed by atoms with Crippen LogP contribution in [0, 0.1) is 6.10 Å². The van der Waals surface area contributed by atoms with Crippen LogP contribution in [-0.4, -0.2) is 16.3 Å². The number of hydrogen-bond acceptors (Lipinski definition) is 2. The fourth-order valence-corrected chi connectivity index (χ4v) is 1.02. The number of aliphatic hydroxyl groups is 2. The van der Waals surface area contributed by atoms with Gasteiger partial charge in [-0.3, -0.25) is 0 Å². The van der Waals surface area contributed by atoms with E-state index in [0.717, 1.165) is 19.3 Å². The third kappa shape index (κ3) is 3.21. The summed E-state index contributed by atoms with van der Waals surface area (Å²) in [5, 5.41) is 17.7. The molecule has 1 unspecified atom stereocenters. The molecule has 3 heteroatoms. The van der Waals surface area contributed by atoms with Crippen LogP contribution in [0.25, 0.3) is 0 Å². The van der Waals surface area contributed by atoms with E-state index in [1.54, 1.807) is 0 Å². The first kappa shape index (κ1) is 9.44. The van der Waals surface area contributed by atoms with Gasteiger partial charge in [-0.25, -0.2) is 0 Å². The van der Waals surface area contributed by atoms with E-state index in [1.165, 1.54) is 0 Å². The van der Waals surface area contributed by atoms with Crippen LogP contribution >= 0.6 is 0 Å². The molecular weight excluding hydrogens is 168 g/mol. The van der Waals surface area contributed by atoms with Crippen molar-refractivity contribution in [2.75, 3.05) is 0 Å². The molecule has 1 aliphatic carbocycles. The Bertz CT molecular complexity index is 69.5. The molecule has 0 saturated heterocycles. The molecule has 0 aromatic heterocycles. The first-order chi connectivity index (χ1) is 3.79. The average Bonchev–Trinajstić information content (AvgIpc) is 1.64. The quantitative estimate of drug-likeness (QED) is 0.426. The molecular formula is C6H11CuO2. The van der Waals surface area contributed by atoms with Gasteiger partial charge in [0.25, 0.3) is 0 Å². The van der Waals surface area contributed by atoms with E-state index >= 15 is 0 Å². The molecule has 0 aliphatic heterocycles. The second-order valence-corrected chi connectivity index (χ2v) is 2.32. The van der Waals surface area contributed by atoms with Crippen molar-refractivity contribution < 1.29 is 27.3 Å². The summed E-state index contributed by atoms with van der Waals surface area (Å²) >= 11 is 0. The van der Waals surface area contributed by atoms with Gasteiger partial charge in [0, 0.05) is 6.10 Å². The van der Waals surface area contributed by atoms with E-state index in [2.05, 4.69) is 0 Å². The van der Waals surface area contributed by atoms with Crippen LogP contribution in [0.15, 0.2) is 0 Å². The van der Waals surface area contributed by atoms with Crippen molar-refractivity contribution in [3.05, 3.63) is 6.10 Å². The minimum Gasteiger partial charge on any atom is -0.563 e. The van der Waals surface area contributed by atoms with Crippen LogP contribution in [-0.2, 0) is 17.1 Å². The molecule has 0 aromatic carbocycles. The first-order valence-electron chi connectivity index (χ1n) is 3.01. The second kappa shape index (κ2) is 4.29. The molecule has 1 saturated carbocycles. The largest absolute Gasteiger partial charge is 1.00 e. The van der Waals surface area contributed by atoms with Crippen LogP contribution in [0.3, 0.4) is 0 Å². The predicted molar refractivity (Wildman–Crippen MR) is 29.7 cm³/mol. The van der Waals surface area contributed by atoms with E-state index in [-0.39, 0.29) is 23.2 Å². The minimum absolute atomic E-state index is 0. The molecule has 0 aromatic rings. The van der Waals surface area contributed by atoms with Crippen molar-refractivity contribution in [1.29, 1.82) is 0 Å². The van der Waals surface area contributed by atoms with Gasteiger partial charge in [0.15, 0.2) is 0 Å². The molecule has 0 radical (unpaired) electrons. The molecule has 2 N–H and O–H groups in total. The molecule has 2 nitrogen and oxygen atoms in total. The molecule has 0 amide bonds. The third-order valence-electron chi connectivity index (χ3n) is 1.47. The zero-order valence-electron chi connectivity index (χ0n) is 5.10. The molecule has 58 valence electrons. The maximum Gasteiger partial charge on any atom is 1.00 e. The number of rotatable bonds is 0. The van der Waals surface area contributed by atoms with Gasteiger partial charge in [0.1, 0.15) is 0 Å². The Morgan fingerprint density at radius 2 is 2.11 bits per heavy atom. The van der Waals surface area contributed by atoms with Crippen molar-refractivity contribution in [2.24, 2.45) is 0 Å². The zero-order valence-corrected chi connectivity index (χ0v) is 6.04. The summed E-state index contributed by atoms with van der Waals surface area (Å²) in [5.41, 5.74) is 0. The summed E-state index contributed by atoms with van der Waals surface area (Å²) in [4.78, 5) is 0. The Kier molecular flexibility index (Phi) is 4.50. The van der Waals surface area contributed by atoms with E-state index in [9.17, 15) is 0 Å². The predicted octanol–water partition coefficient (Wildman–Crippen LogP) is 0.823. The topological polar surface area (TPSA) is 40.5 Å². The van der Waals surface area contributed by atoms with Gasteiger partial charge in [0.2, 0.25) is 0 Å². The van der Waals surface area contributed by atoms with Crippen molar-refractivity contribution in [3.8, 4) is 0 Å². The van der Waals surface area contributed by atoms with E-state index < -0.39 is 0 Å². The van der Waals surface area contributed by atoms with E-state index in [1.807, 2.05) is 0 Å². The summed E-state index contributed by atoms with van der Waals surface area (Å²) in [6.45, 7) is 0. The summed E-state index contributed by atoms with van der Waals surface area (Å²) in [7, 11) is 0. The summed E-state index contributed by atoms with van der Waals surface area (Å²) < 4.78 is 0. The van der Waals surface area contributed by atoms with Gasteiger partial charge in [-0.05, 0) is 6.42 Å². The average molecular weight is 179 g/mol. The van der Waals surface area contributed by atoms with Gasteiger partial charge in [-0.1, -0.05) is 6.42 Å². The maximum absolute atomic E-state index is 8.90. The Labute approximate surface area is 65.7 Å². The summed E-state index contributed by atoms with van der Waals surface area (Å²) in [6, 6.07) is 0. The molecule has 1 rings (SSSR count). The molecule has 9 heavy (non-hydrogen) atoms. The Balaban J connectivity index is 0.000000640. The molecule has 0 bridgehead atoms. The molecule has 1 aliphatic rings. The first-order valence-corrected chi connectivity index (χ1v) is 3.01. The fraction of sp³-hybridized carbons (Fsp3) is 0.833. The van der Waals surface area contributed by atoms with Gasteiger partial charge in [-0.2, -0.15) is 12.5 Å². The Hall–Kier alpha value is 0.439. The zero-order chi connectivity index (χ0) is 5.98. The van der Waals surface area contributed by atoms with Crippen molar-refractivity contribution in [3.63, 3.8) is 0 Å². The standard InChI is InChI=1S/C6H11O2.Cu/c7-5-2-1-3-6(8)4-5;/h5,7-8H,1-4H2;/q-1;+1. The smallest absolute Gasteiger partial charge is 0.563 e. The van der Waals surface area contributed by atoms with E-state index in [4.69, 9.17) is 10.2 Å². The third-order valence-corrected chi connectivity index (χ3v) is 1.47. The fourth-order valence-electron chi connectivity index (χ4n) is 1.02. The number of hydrogen-bond donors (Lipinski definition) is 2. The van der Waals surface area contributed by atoms with Crippen LogP contribution in [0.1, 0.15) is 25.7 Å². The van der Waals surface area contributed by atoms with Crippen LogP contribution in [0.4, 0.5) is 0 Å². The normalized spacial score (nSPS) is 29.3. The van der Waals surface area contributed by atoms with Crippen molar-refractivity contribution in [1.82, 2.24) is 0 Å². The van der Waals surface area contributed by atoms with Crippen molar-refractivity contribution >= 4 is 0 Å². The van der Waals surface area contributed by atoms with Gasteiger partial charge < -0.3 is 10.2 Å². The molecule has 1 fully saturated rings. The van der Waals surface area contributed by atoms with Crippen LogP contribution < -0.4 is 0 Å². The van der Waals surface area contributed by atoms with Gasteiger partial charge >= 0.3 is 17.1 Å². The minimum atomic E-state index is -0.274. The molecule has 0 spiro atoms. The van der Waals surface area contributed by atoms with Gasteiger partial charge in [-0.15, -0.1) is 6.42 Å². The van der Waals surface area contributed by atoms with E-state index in [0.29, 0.717) is 12.5 Å². The maximum atomic E-state index is 8.90. The summed E-state index contributed by atoms with van der Waals surface area (Å²) in [5.74, 6) is 0. The Morgan fingerprint density at radius 3 is 2.44 bits per heavy atom. The number of aliphatic hydroxyl groups excluding tert-OH is 2. The van der Waals surface area contributed by atoms with Crippen LogP contribution in [0.5, 0.6) is 0 Å². The van der Waals surface area contributed by atoms with Gasteiger partial charge in [0.05, 0.1) is 0 Å². The summed E-state index contributed by atoms with van der Waals surface area (Å²) in [6.07, 6.45) is 3.26. The van der Waals surface area contributed by atoms with Crippen LogP contribution in [0.2, 0.25) is 0 Å². The molecule has 1 atom stereocenters. The Morgan fingerprint density at radius 1 is 1.44 bits per heavy atom. The van der Waals surface area contributed by atoms with Crippen molar-refractivity contribution in [2.45, 2.75) is 31.8 Å². The second-order valence-electron chi connectivity index (χ2n) is 2.32. The monoisotopic (exact) mass is 178 g/mol. The SMILES string of the molecule is O[C-]1CCCC(O)C1.[Cu+]. The molecule has 0 heterocycles.